The molecule has 3 rings (SSSR count). The van der Waals surface area contributed by atoms with E-state index in [9.17, 15) is 4.55 Å². The van der Waals surface area contributed by atoms with E-state index in [2.05, 4.69) is 9.38 Å². The van der Waals surface area contributed by atoms with Gasteiger partial charge in [-0.1, -0.05) is 34.7 Å². The molecule has 0 saturated carbocycles. The van der Waals surface area contributed by atoms with E-state index in [1.807, 2.05) is 76.2 Å². The lowest BCUT2D eigenvalue weighted by Crippen LogP contribution is -2.26. The molecule has 2 aromatic heterocycles. The van der Waals surface area contributed by atoms with Crippen LogP contribution in [0.3, 0.4) is 0 Å². The van der Waals surface area contributed by atoms with Gasteiger partial charge in [-0.05, 0) is 45.9 Å². The van der Waals surface area contributed by atoms with Crippen molar-refractivity contribution < 1.29 is 4.55 Å². The third-order valence-corrected chi connectivity index (χ3v) is 5.26. The van der Waals surface area contributed by atoms with Crippen molar-refractivity contribution in [1.82, 2.24) is 9.97 Å². The minimum Gasteiger partial charge on any atom is -0.591 e. The number of rotatable bonds is 3. The summed E-state index contributed by atoms with van der Waals surface area (Å²) in [6.45, 7) is 7.64. The minimum absolute atomic E-state index is 0.403. The Hall–Kier alpha value is -2.24. The highest BCUT2D eigenvalue weighted by Gasteiger charge is 2.27. The lowest BCUT2D eigenvalue weighted by Gasteiger charge is -2.19. The van der Waals surface area contributed by atoms with E-state index in [1.54, 1.807) is 6.20 Å². The number of hydrogen-bond acceptors (Lipinski definition) is 4. The first-order valence-electron chi connectivity index (χ1n) is 8.15. The molecule has 0 aliphatic heterocycles. The molecule has 1 unspecified atom stereocenters. The monoisotopic (exact) mass is 351 g/mol. The largest absolute Gasteiger partial charge is 0.591 e. The summed E-state index contributed by atoms with van der Waals surface area (Å²) >= 11 is -1.32. The van der Waals surface area contributed by atoms with Gasteiger partial charge in [0.05, 0.1) is 11.4 Å². The smallest absolute Gasteiger partial charge is 0.159 e. The molecule has 0 aliphatic rings. The minimum atomic E-state index is -1.32. The van der Waals surface area contributed by atoms with Gasteiger partial charge in [0, 0.05) is 22.7 Å². The van der Waals surface area contributed by atoms with Gasteiger partial charge in [-0.25, -0.2) is 9.97 Å². The predicted molar refractivity (Wildman–Crippen MR) is 105 cm³/mol. The molecule has 0 radical (unpaired) electrons. The van der Waals surface area contributed by atoms with Crippen molar-refractivity contribution >= 4 is 28.1 Å². The van der Waals surface area contributed by atoms with Gasteiger partial charge in [0.15, 0.2) is 5.65 Å². The van der Waals surface area contributed by atoms with Crippen molar-refractivity contribution in [3.8, 4) is 11.3 Å². The van der Waals surface area contributed by atoms with Crippen LogP contribution in [-0.4, -0.2) is 25.0 Å². The summed E-state index contributed by atoms with van der Waals surface area (Å²) in [4.78, 5) is 9.10. The van der Waals surface area contributed by atoms with E-state index in [0.717, 1.165) is 22.2 Å². The molecular weight excluding hydrogens is 330 g/mol. The molecule has 2 heterocycles. The second kappa shape index (κ2) is 6.94. The maximum absolute atomic E-state index is 12.5. The summed E-state index contributed by atoms with van der Waals surface area (Å²) in [6.07, 6.45) is 1.74. The van der Waals surface area contributed by atoms with Crippen LogP contribution >= 0.6 is 0 Å². The van der Waals surface area contributed by atoms with E-state index in [4.69, 9.17) is 4.98 Å². The zero-order valence-corrected chi connectivity index (χ0v) is 15.7. The van der Waals surface area contributed by atoms with Crippen molar-refractivity contribution in [2.24, 2.45) is 4.40 Å². The number of fused-ring (bicyclic) bond motifs is 1. The number of benzene rings is 1. The zero-order valence-electron chi connectivity index (χ0n) is 14.9. The van der Waals surface area contributed by atoms with Crippen molar-refractivity contribution in [1.29, 1.82) is 0 Å². The number of nitrogens with zero attached hydrogens (tertiary/aromatic N) is 3. The van der Waals surface area contributed by atoms with Gasteiger partial charge in [-0.3, -0.25) is 0 Å². The fourth-order valence-electron chi connectivity index (χ4n) is 2.41. The van der Waals surface area contributed by atoms with Gasteiger partial charge in [0.1, 0.15) is 16.1 Å². The van der Waals surface area contributed by atoms with Gasteiger partial charge in [0.2, 0.25) is 0 Å². The Morgan fingerprint density at radius 1 is 1.08 bits per heavy atom. The Bertz CT molecular complexity index is 917. The zero-order chi connectivity index (χ0) is 18.0. The van der Waals surface area contributed by atoms with Gasteiger partial charge in [-0.15, -0.1) is 0 Å². The fraction of sp³-hybridized carbons (Fsp3) is 0.250. The van der Waals surface area contributed by atoms with Gasteiger partial charge in [-0.2, -0.15) is 0 Å². The standard InChI is InChI=1S/C20H21N3OS/c1-14(23-25(24)20(2,3)4)17-13-16-11-8-12-21-19(16)22-18(17)15-9-6-5-7-10-15/h5-13H,1-4H3. The normalized spacial score (nSPS) is 13.9. The van der Waals surface area contributed by atoms with E-state index in [1.165, 1.54) is 0 Å². The second-order valence-corrected chi connectivity index (χ2v) is 8.74. The third-order valence-electron chi connectivity index (χ3n) is 3.77. The molecule has 3 aromatic rings. The molecule has 128 valence electrons. The molecule has 1 atom stereocenters. The molecule has 25 heavy (non-hydrogen) atoms. The molecule has 1 aromatic carbocycles. The number of aromatic nitrogens is 2. The highest BCUT2D eigenvalue weighted by atomic mass is 32.2. The summed E-state index contributed by atoms with van der Waals surface area (Å²) in [7, 11) is 0. The van der Waals surface area contributed by atoms with Crippen LogP contribution in [0.15, 0.2) is 59.1 Å². The summed E-state index contributed by atoms with van der Waals surface area (Å²) in [5.41, 5.74) is 4.07. The van der Waals surface area contributed by atoms with E-state index in [0.29, 0.717) is 11.4 Å². The lowest BCUT2D eigenvalue weighted by molar-refractivity contribution is 0.561. The molecule has 0 saturated heterocycles. The molecule has 5 heteroatoms. The van der Waals surface area contributed by atoms with Gasteiger partial charge in [0.25, 0.3) is 0 Å². The average Bonchev–Trinajstić information content (AvgIpc) is 2.60. The van der Waals surface area contributed by atoms with Crippen LogP contribution in [0.4, 0.5) is 0 Å². The van der Waals surface area contributed by atoms with Gasteiger partial charge < -0.3 is 4.55 Å². The molecule has 0 aliphatic carbocycles. The van der Waals surface area contributed by atoms with E-state index in [-0.39, 0.29) is 0 Å². The molecule has 0 bridgehead atoms. The second-order valence-electron chi connectivity index (χ2n) is 6.84. The van der Waals surface area contributed by atoms with Crippen LogP contribution in [0.25, 0.3) is 22.3 Å². The van der Waals surface area contributed by atoms with Crippen LogP contribution in [0, 0.1) is 0 Å². The Kier molecular flexibility index (Phi) is 4.88. The molecule has 4 nitrogen and oxygen atoms in total. The average molecular weight is 351 g/mol. The first-order chi connectivity index (χ1) is 11.9. The summed E-state index contributed by atoms with van der Waals surface area (Å²) < 4.78 is 16.5. The topological polar surface area (TPSA) is 61.2 Å². The van der Waals surface area contributed by atoms with E-state index >= 15 is 0 Å². The van der Waals surface area contributed by atoms with Crippen LogP contribution in [0.1, 0.15) is 33.3 Å². The fourth-order valence-corrected chi connectivity index (χ4v) is 3.03. The molecule has 0 spiro atoms. The molecule has 0 amide bonds. The quantitative estimate of drug-likeness (QED) is 0.513. The first kappa shape index (κ1) is 17.6. The summed E-state index contributed by atoms with van der Waals surface area (Å²) in [5, 5.41) is 0.938. The lowest BCUT2D eigenvalue weighted by atomic mass is 10.0. The van der Waals surface area contributed by atoms with Crippen molar-refractivity contribution in [2.75, 3.05) is 0 Å². The Morgan fingerprint density at radius 2 is 1.80 bits per heavy atom. The summed E-state index contributed by atoms with van der Waals surface area (Å²) in [6, 6.07) is 15.8. The number of pyridine rings is 2. The molecular formula is C20H21N3OS. The van der Waals surface area contributed by atoms with Gasteiger partial charge >= 0.3 is 0 Å². The first-order valence-corrected chi connectivity index (χ1v) is 9.26. The number of hydrogen-bond donors (Lipinski definition) is 0. The Morgan fingerprint density at radius 3 is 2.48 bits per heavy atom. The van der Waals surface area contributed by atoms with Crippen LogP contribution in [0.5, 0.6) is 0 Å². The summed E-state index contributed by atoms with van der Waals surface area (Å²) in [5.74, 6) is 0. The molecule has 0 fully saturated rings. The highest BCUT2D eigenvalue weighted by molar-refractivity contribution is 7.91. The van der Waals surface area contributed by atoms with Crippen LogP contribution < -0.4 is 0 Å². The predicted octanol–water partition coefficient (Wildman–Crippen LogP) is 4.57. The van der Waals surface area contributed by atoms with Crippen LogP contribution in [0.2, 0.25) is 0 Å². The van der Waals surface area contributed by atoms with Crippen LogP contribution in [-0.2, 0) is 11.4 Å². The Balaban J connectivity index is 2.20. The maximum Gasteiger partial charge on any atom is 0.159 e. The van der Waals surface area contributed by atoms with Crippen molar-refractivity contribution in [3.63, 3.8) is 0 Å². The highest BCUT2D eigenvalue weighted by Crippen LogP contribution is 2.27. The maximum atomic E-state index is 12.5. The van der Waals surface area contributed by atoms with E-state index < -0.39 is 16.1 Å². The molecule has 0 N–H and O–H groups in total. The third kappa shape index (κ3) is 3.89. The van der Waals surface area contributed by atoms with Crippen molar-refractivity contribution in [2.45, 2.75) is 32.4 Å². The SMILES string of the molecule is CC(=N[S+]([O-])C(C)(C)C)c1cc2cccnc2nc1-c1ccccc1. The Labute approximate surface area is 151 Å². The van der Waals surface area contributed by atoms with Crippen molar-refractivity contribution in [3.05, 3.63) is 60.3 Å².